The average Bonchev–Trinajstić information content (AvgIpc) is 2.97. The fourth-order valence-electron chi connectivity index (χ4n) is 5.05. The van der Waals surface area contributed by atoms with Gasteiger partial charge >= 0.3 is 6.09 Å². The standard InChI is InChI=1S/C30H33ClN6O3/c1-5-36-12-14-37(15-13-36)18-21-6-9-25(34-17-21)35-30(38)40-23-8-7-22(28-29(23)33-11-10-32-28)26-20(3)24(39-4)16-19(2)27(26)31/h6-11,16-17H,5,12-15,18H2,1-4H3,(H,34,35,38). The lowest BCUT2D eigenvalue weighted by atomic mass is 9.96. The number of likely N-dealkylation sites (N-methyl/N-ethyl adjacent to an activating group) is 1. The van der Waals surface area contributed by atoms with E-state index in [1.54, 1.807) is 37.8 Å². The third kappa shape index (κ3) is 5.86. The van der Waals surface area contributed by atoms with Gasteiger partial charge in [-0.25, -0.2) is 14.8 Å². The third-order valence-electron chi connectivity index (χ3n) is 7.31. The summed E-state index contributed by atoms with van der Waals surface area (Å²) in [5, 5.41) is 3.31. The Bertz CT molecular complexity index is 1520. The van der Waals surface area contributed by atoms with E-state index in [4.69, 9.17) is 21.1 Å². The molecule has 10 heteroatoms. The van der Waals surface area contributed by atoms with E-state index in [1.807, 2.05) is 32.0 Å². The van der Waals surface area contributed by atoms with Crippen molar-refractivity contribution >= 4 is 34.5 Å². The van der Waals surface area contributed by atoms with Crippen LogP contribution in [0, 0.1) is 13.8 Å². The van der Waals surface area contributed by atoms with Crippen LogP contribution >= 0.6 is 11.6 Å². The van der Waals surface area contributed by atoms with Gasteiger partial charge in [-0.05, 0) is 55.8 Å². The fourth-order valence-corrected chi connectivity index (χ4v) is 5.34. The van der Waals surface area contributed by atoms with Crippen molar-refractivity contribution < 1.29 is 14.3 Å². The van der Waals surface area contributed by atoms with Gasteiger partial charge in [-0.15, -0.1) is 0 Å². The number of ether oxygens (including phenoxy) is 2. The quantitative estimate of drug-likeness (QED) is 0.307. The number of hydrogen-bond acceptors (Lipinski definition) is 8. The monoisotopic (exact) mass is 560 g/mol. The molecule has 40 heavy (non-hydrogen) atoms. The van der Waals surface area contributed by atoms with E-state index in [0.29, 0.717) is 21.9 Å². The number of aryl methyl sites for hydroxylation is 1. The summed E-state index contributed by atoms with van der Waals surface area (Å²) in [4.78, 5) is 31.1. The van der Waals surface area contributed by atoms with Crippen LogP contribution in [-0.4, -0.2) is 70.7 Å². The number of nitrogens with one attached hydrogen (secondary N) is 1. The Balaban J connectivity index is 1.32. The van der Waals surface area contributed by atoms with Gasteiger partial charge in [0.05, 0.1) is 12.1 Å². The van der Waals surface area contributed by atoms with Crippen LogP contribution in [-0.2, 0) is 6.54 Å². The normalized spacial score (nSPS) is 14.3. The molecule has 1 fully saturated rings. The number of benzene rings is 2. The van der Waals surface area contributed by atoms with Crippen LogP contribution in [0.1, 0.15) is 23.6 Å². The Morgan fingerprint density at radius 2 is 1.70 bits per heavy atom. The highest BCUT2D eigenvalue weighted by atomic mass is 35.5. The molecule has 0 bridgehead atoms. The molecule has 9 nitrogen and oxygen atoms in total. The Kier molecular flexibility index (Phi) is 8.44. The van der Waals surface area contributed by atoms with Gasteiger partial charge in [0.2, 0.25) is 0 Å². The molecule has 0 aliphatic carbocycles. The minimum absolute atomic E-state index is 0.278. The topological polar surface area (TPSA) is 92.7 Å². The maximum absolute atomic E-state index is 12.8. The van der Waals surface area contributed by atoms with Crippen molar-refractivity contribution in [3.05, 3.63) is 70.6 Å². The van der Waals surface area contributed by atoms with Gasteiger partial charge in [-0.3, -0.25) is 15.2 Å². The van der Waals surface area contributed by atoms with Crippen LogP contribution in [0.2, 0.25) is 5.02 Å². The number of amides is 1. The van der Waals surface area contributed by atoms with Crippen molar-refractivity contribution in [3.63, 3.8) is 0 Å². The number of piperazine rings is 1. The number of rotatable bonds is 7. The molecule has 1 N–H and O–H groups in total. The molecule has 5 rings (SSSR count). The average molecular weight is 561 g/mol. The van der Waals surface area contributed by atoms with E-state index >= 15 is 0 Å². The third-order valence-corrected chi connectivity index (χ3v) is 7.80. The summed E-state index contributed by atoms with van der Waals surface area (Å²) in [7, 11) is 1.63. The summed E-state index contributed by atoms with van der Waals surface area (Å²) in [5.41, 5.74) is 5.45. The molecule has 2 aromatic carbocycles. The van der Waals surface area contributed by atoms with Crippen LogP contribution in [0.25, 0.3) is 22.2 Å². The number of fused-ring (bicyclic) bond motifs is 1. The largest absolute Gasteiger partial charge is 0.496 e. The van der Waals surface area contributed by atoms with E-state index in [0.717, 1.165) is 72.8 Å². The van der Waals surface area contributed by atoms with Crippen molar-refractivity contribution in [2.24, 2.45) is 0 Å². The van der Waals surface area contributed by atoms with E-state index < -0.39 is 6.09 Å². The highest BCUT2D eigenvalue weighted by Gasteiger charge is 2.20. The maximum atomic E-state index is 12.8. The van der Waals surface area contributed by atoms with Gasteiger partial charge in [-0.2, -0.15) is 0 Å². The predicted octanol–water partition coefficient (Wildman–Crippen LogP) is 5.72. The highest BCUT2D eigenvalue weighted by molar-refractivity contribution is 6.34. The molecule has 1 saturated heterocycles. The summed E-state index contributed by atoms with van der Waals surface area (Å²) in [6.07, 6.45) is 4.29. The minimum atomic E-state index is -0.665. The number of aromatic nitrogens is 3. The van der Waals surface area contributed by atoms with Gasteiger partial charge in [0.15, 0.2) is 5.75 Å². The van der Waals surface area contributed by atoms with Crippen molar-refractivity contribution in [2.45, 2.75) is 27.3 Å². The molecule has 1 aliphatic heterocycles. The van der Waals surface area contributed by atoms with Crippen LogP contribution in [0.3, 0.4) is 0 Å². The molecular weight excluding hydrogens is 528 g/mol. The molecule has 4 aromatic rings. The number of hydrogen-bond donors (Lipinski definition) is 1. The summed E-state index contributed by atoms with van der Waals surface area (Å²) in [5.74, 6) is 1.41. The molecule has 0 saturated carbocycles. The Hall–Kier alpha value is -3.79. The molecule has 3 heterocycles. The number of halogens is 1. The van der Waals surface area contributed by atoms with Crippen molar-refractivity contribution in [1.29, 1.82) is 0 Å². The molecule has 0 unspecified atom stereocenters. The summed E-state index contributed by atoms with van der Waals surface area (Å²) in [6.45, 7) is 12.3. The number of carbonyl (C=O) groups is 1. The Morgan fingerprint density at radius 3 is 2.38 bits per heavy atom. The predicted molar refractivity (Wildman–Crippen MR) is 157 cm³/mol. The second-order valence-corrected chi connectivity index (χ2v) is 10.2. The lowest BCUT2D eigenvalue weighted by molar-refractivity contribution is 0.132. The smallest absolute Gasteiger partial charge is 0.418 e. The fraction of sp³-hybridized carbons (Fsp3) is 0.333. The number of pyridine rings is 1. The first kappa shape index (κ1) is 27.8. The molecule has 0 atom stereocenters. The molecule has 0 spiro atoms. The Labute approximate surface area is 239 Å². The zero-order valence-corrected chi connectivity index (χ0v) is 24.0. The number of nitrogens with zero attached hydrogens (tertiary/aromatic N) is 5. The van der Waals surface area contributed by atoms with Crippen LogP contribution in [0.4, 0.5) is 10.6 Å². The molecule has 1 aliphatic rings. The number of carbonyl (C=O) groups excluding carboxylic acids is 1. The van der Waals surface area contributed by atoms with E-state index in [2.05, 4.69) is 37.0 Å². The van der Waals surface area contributed by atoms with Gasteiger partial charge in [0.25, 0.3) is 0 Å². The SMILES string of the molecule is CCN1CCN(Cc2ccc(NC(=O)Oc3ccc(-c4c(C)c(OC)cc(C)c4Cl)c4nccnc34)nc2)CC1. The van der Waals surface area contributed by atoms with E-state index in [-0.39, 0.29) is 5.75 Å². The van der Waals surface area contributed by atoms with Gasteiger partial charge in [0, 0.05) is 68.0 Å². The summed E-state index contributed by atoms with van der Waals surface area (Å²) in [6, 6.07) is 9.21. The van der Waals surface area contributed by atoms with Crippen LogP contribution < -0.4 is 14.8 Å². The number of anilines is 1. The van der Waals surface area contributed by atoms with Gasteiger partial charge in [0.1, 0.15) is 22.6 Å². The second kappa shape index (κ2) is 12.2. The molecular formula is C30H33ClN6O3. The van der Waals surface area contributed by atoms with Crippen LogP contribution in [0.5, 0.6) is 11.5 Å². The minimum Gasteiger partial charge on any atom is -0.496 e. The van der Waals surface area contributed by atoms with E-state index in [9.17, 15) is 4.79 Å². The first-order valence-corrected chi connectivity index (χ1v) is 13.7. The first-order valence-electron chi connectivity index (χ1n) is 13.3. The Morgan fingerprint density at radius 1 is 0.975 bits per heavy atom. The van der Waals surface area contributed by atoms with Gasteiger partial charge in [-0.1, -0.05) is 24.6 Å². The second-order valence-electron chi connectivity index (χ2n) is 9.85. The van der Waals surface area contributed by atoms with Crippen molar-refractivity contribution in [3.8, 4) is 22.6 Å². The summed E-state index contributed by atoms with van der Waals surface area (Å²) < 4.78 is 11.2. The zero-order chi connectivity index (χ0) is 28.2. The van der Waals surface area contributed by atoms with Gasteiger partial charge < -0.3 is 14.4 Å². The van der Waals surface area contributed by atoms with Crippen LogP contribution in [0.15, 0.2) is 48.9 Å². The van der Waals surface area contributed by atoms with E-state index in [1.165, 1.54) is 0 Å². The molecule has 208 valence electrons. The first-order chi connectivity index (χ1) is 19.4. The lowest BCUT2D eigenvalue weighted by Crippen LogP contribution is -2.45. The highest BCUT2D eigenvalue weighted by Crippen LogP contribution is 2.42. The maximum Gasteiger partial charge on any atom is 0.418 e. The summed E-state index contributed by atoms with van der Waals surface area (Å²) >= 11 is 6.74. The number of methoxy groups -OCH3 is 1. The molecule has 0 radical (unpaired) electrons. The molecule has 1 amide bonds. The zero-order valence-electron chi connectivity index (χ0n) is 23.2. The molecule has 2 aromatic heterocycles. The van der Waals surface area contributed by atoms with Crippen molar-refractivity contribution in [2.75, 3.05) is 45.2 Å². The van der Waals surface area contributed by atoms with Crippen molar-refractivity contribution in [1.82, 2.24) is 24.8 Å². The lowest BCUT2D eigenvalue weighted by Gasteiger charge is -2.33.